The third-order valence-corrected chi connectivity index (χ3v) is 2.41. The Hall–Kier alpha value is -2.77. The first-order chi connectivity index (χ1) is 8.79. The molecule has 3 aromatic rings. The van der Waals surface area contributed by atoms with Crippen LogP contribution in [0.3, 0.4) is 0 Å². The molecule has 8 heteroatoms. The van der Waals surface area contributed by atoms with Gasteiger partial charge in [0.05, 0.1) is 18.7 Å². The van der Waals surface area contributed by atoms with Crippen molar-refractivity contribution in [1.82, 2.24) is 30.1 Å². The largest absolute Gasteiger partial charge is 0.479 e. The second-order valence-corrected chi connectivity index (χ2v) is 3.48. The Bertz CT molecular complexity index is 708. The molecule has 0 amide bonds. The molecule has 0 atom stereocenters. The standard InChI is InChI=1S/C10H9N7O/c1-18-9-7(12-2-3-13-9)6-5-4-14-17-8(5)16-10(11)15-6/h2-4H,1H3,(H3,11,14,15,16,17). The Labute approximate surface area is 101 Å². The van der Waals surface area contributed by atoms with Crippen molar-refractivity contribution in [2.75, 3.05) is 12.8 Å². The van der Waals surface area contributed by atoms with Crippen molar-refractivity contribution in [2.45, 2.75) is 0 Å². The Morgan fingerprint density at radius 3 is 2.83 bits per heavy atom. The van der Waals surface area contributed by atoms with Gasteiger partial charge in [-0.2, -0.15) is 10.1 Å². The van der Waals surface area contributed by atoms with Crippen LogP contribution in [0.5, 0.6) is 5.88 Å². The molecular weight excluding hydrogens is 234 g/mol. The van der Waals surface area contributed by atoms with Gasteiger partial charge in [-0.1, -0.05) is 0 Å². The van der Waals surface area contributed by atoms with E-state index in [-0.39, 0.29) is 5.95 Å². The highest BCUT2D eigenvalue weighted by molar-refractivity contribution is 5.90. The summed E-state index contributed by atoms with van der Waals surface area (Å²) in [5.41, 5.74) is 7.24. The van der Waals surface area contributed by atoms with Crippen molar-refractivity contribution in [2.24, 2.45) is 0 Å². The molecule has 0 saturated heterocycles. The van der Waals surface area contributed by atoms with Gasteiger partial charge in [0, 0.05) is 12.4 Å². The number of hydrogen-bond donors (Lipinski definition) is 2. The van der Waals surface area contributed by atoms with Crippen LogP contribution in [0.2, 0.25) is 0 Å². The molecular formula is C10H9N7O. The van der Waals surface area contributed by atoms with Gasteiger partial charge in [0.2, 0.25) is 11.8 Å². The molecule has 3 rings (SSSR count). The van der Waals surface area contributed by atoms with E-state index in [4.69, 9.17) is 10.5 Å². The van der Waals surface area contributed by atoms with Crippen molar-refractivity contribution in [3.8, 4) is 17.3 Å². The van der Waals surface area contributed by atoms with Crippen LogP contribution in [0.25, 0.3) is 22.4 Å². The molecule has 3 N–H and O–H groups in total. The van der Waals surface area contributed by atoms with Crippen LogP contribution in [-0.4, -0.2) is 37.2 Å². The third kappa shape index (κ3) is 1.51. The Kier molecular flexibility index (Phi) is 2.26. The lowest BCUT2D eigenvalue weighted by Crippen LogP contribution is -2.00. The fraction of sp³-hybridized carbons (Fsp3) is 0.100. The number of H-pyrrole nitrogens is 1. The van der Waals surface area contributed by atoms with E-state index >= 15 is 0 Å². The summed E-state index contributed by atoms with van der Waals surface area (Å²) in [6.45, 7) is 0. The van der Waals surface area contributed by atoms with E-state index in [0.717, 1.165) is 0 Å². The number of fused-ring (bicyclic) bond motifs is 1. The number of methoxy groups -OCH3 is 1. The number of anilines is 1. The molecule has 0 aromatic carbocycles. The van der Waals surface area contributed by atoms with E-state index in [0.29, 0.717) is 28.3 Å². The molecule has 18 heavy (non-hydrogen) atoms. The average Bonchev–Trinajstić information content (AvgIpc) is 2.85. The van der Waals surface area contributed by atoms with E-state index in [1.807, 2.05) is 0 Å². The van der Waals surface area contributed by atoms with Gasteiger partial charge in [-0.3, -0.25) is 5.10 Å². The van der Waals surface area contributed by atoms with Crippen LogP contribution in [0.1, 0.15) is 0 Å². The third-order valence-electron chi connectivity index (χ3n) is 2.41. The number of nitrogens with zero attached hydrogens (tertiary/aromatic N) is 5. The summed E-state index contributed by atoms with van der Waals surface area (Å²) >= 11 is 0. The minimum atomic E-state index is 0.134. The zero-order valence-electron chi connectivity index (χ0n) is 9.45. The van der Waals surface area contributed by atoms with E-state index in [1.54, 1.807) is 18.6 Å². The highest BCUT2D eigenvalue weighted by atomic mass is 16.5. The van der Waals surface area contributed by atoms with E-state index in [9.17, 15) is 0 Å². The summed E-state index contributed by atoms with van der Waals surface area (Å²) in [6, 6.07) is 0. The molecule has 0 bridgehead atoms. The summed E-state index contributed by atoms with van der Waals surface area (Å²) in [4.78, 5) is 16.5. The van der Waals surface area contributed by atoms with Gasteiger partial charge in [-0.25, -0.2) is 15.0 Å². The zero-order valence-corrected chi connectivity index (χ0v) is 9.45. The molecule has 0 saturated carbocycles. The maximum absolute atomic E-state index is 5.65. The SMILES string of the molecule is COc1nccnc1-c1nc(N)nc2[nH]ncc12. The Morgan fingerprint density at radius 2 is 2.00 bits per heavy atom. The number of ether oxygens (including phenoxy) is 1. The Balaban J connectivity index is 2.34. The lowest BCUT2D eigenvalue weighted by Gasteiger charge is -2.06. The van der Waals surface area contributed by atoms with Gasteiger partial charge in [0.1, 0.15) is 5.69 Å². The van der Waals surface area contributed by atoms with Crippen LogP contribution in [-0.2, 0) is 0 Å². The summed E-state index contributed by atoms with van der Waals surface area (Å²) in [6.07, 6.45) is 4.71. The van der Waals surface area contributed by atoms with Gasteiger partial charge < -0.3 is 10.5 Å². The first-order valence-corrected chi connectivity index (χ1v) is 5.11. The molecule has 0 aliphatic carbocycles. The molecule has 3 heterocycles. The second kappa shape index (κ2) is 3.91. The maximum atomic E-state index is 5.65. The number of rotatable bonds is 2. The van der Waals surface area contributed by atoms with Crippen molar-refractivity contribution in [3.63, 3.8) is 0 Å². The zero-order chi connectivity index (χ0) is 12.5. The summed E-state index contributed by atoms with van der Waals surface area (Å²) in [5.74, 6) is 0.507. The number of nitrogen functional groups attached to an aromatic ring is 1. The highest BCUT2D eigenvalue weighted by Crippen LogP contribution is 2.29. The van der Waals surface area contributed by atoms with Gasteiger partial charge in [0.15, 0.2) is 11.3 Å². The topological polar surface area (TPSA) is 115 Å². The molecule has 0 radical (unpaired) electrons. The molecule has 90 valence electrons. The van der Waals surface area contributed by atoms with E-state index in [1.165, 1.54) is 7.11 Å². The predicted molar refractivity (Wildman–Crippen MR) is 63.7 cm³/mol. The maximum Gasteiger partial charge on any atom is 0.241 e. The van der Waals surface area contributed by atoms with Crippen LogP contribution in [0.4, 0.5) is 5.95 Å². The van der Waals surface area contributed by atoms with Crippen LogP contribution in [0.15, 0.2) is 18.6 Å². The summed E-state index contributed by atoms with van der Waals surface area (Å²) in [7, 11) is 1.52. The summed E-state index contributed by atoms with van der Waals surface area (Å²) in [5, 5.41) is 7.36. The monoisotopic (exact) mass is 243 g/mol. The van der Waals surface area contributed by atoms with E-state index < -0.39 is 0 Å². The molecule has 3 aromatic heterocycles. The highest BCUT2D eigenvalue weighted by Gasteiger charge is 2.16. The second-order valence-electron chi connectivity index (χ2n) is 3.48. The quantitative estimate of drug-likeness (QED) is 0.669. The smallest absolute Gasteiger partial charge is 0.241 e. The number of nitrogens with one attached hydrogen (secondary N) is 1. The lowest BCUT2D eigenvalue weighted by atomic mass is 10.2. The number of aromatic amines is 1. The van der Waals surface area contributed by atoms with Crippen molar-refractivity contribution < 1.29 is 4.74 Å². The fourth-order valence-electron chi connectivity index (χ4n) is 1.67. The first kappa shape index (κ1) is 10.4. The first-order valence-electron chi connectivity index (χ1n) is 5.11. The van der Waals surface area contributed by atoms with Crippen molar-refractivity contribution >= 4 is 17.0 Å². The molecule has 8 nitrogen and oxygen atoms in total. The van der Waals surface area contributed by atoms with Crippen LogP contribution >= 0.6 is 0 Å². The predicted octanol–water partition coefficient (Wildman–Crippen LogP) is 0.401. The van der Waals surface area contributed by atoms with Gasteiger partial charge >= 0.3 is 0 Å². The van der Waals surface area contributed by atoms with Gasteiger partial charge in [0.25, 0.3) is 0 Å². The van der Waals surface area contributed by atoms with Crippen LogP contribution < -0.4 is 10.5 Å². The van der Waals surface area contributed by atoms with E-state index in [2.05, 4.69) is 30.1 Å². The summed E-state index contributed by atoms with van der Waals surface area (Å²) < 4.78 is 5.16. The van der Waals surface area contributed by atoms with Gasteiger partial charge in [-0.05, 0) is 0 Å². The molecule has 0 aliphatic rings. The fourth-order valence-corrected chi connectivity index (χ4v) is 1.67. The molecule has 0 spiro atoms. The van der Waals surface area contributed by atoms with Crippen molar-refractivity contribution in [1.29, 1.82) is 0 Å². The normalized spacial score (nSPS) is 10.7. The number of hydrogen-bond acceptors (Lipinski definition) is 7. The molecule has 0 fully saturated rings. The van der Waals surface area contributed by atoms with Crippen molar-refractivity contribution in [3.05, 3.63) is 18.6 Å². The van der Waals surface area contributed by atoms with Crippen LogP contribution in [0, 0.1) is 0 Å². The number of nitrogens with two attached hydrogens (primary N) is 1. The molecule has 0 aliphatic heterocycles. The number of aromatic nitrogens is 6. The lowest BCUT2D eigenvalue weighted by molar-refractivity contribution is 0.397. The van der Waals surface area contributed by atoms with Gasteiger partial charge in [-0.15, -0.1) is 0 Å². The minimum Gasteiger partial charge on any atom is -0.479 e. The Morgan fingerprint density at radius 1 is 1.17 bits per heavy atom. The average molecular weight is 243 g/mol. The minimum absolute atomic E-state index is 0.134. The molecule has 0 unspecified atom stereocenters.